The molecule has 4 heteroatoms. The van der Waals surface area contributed by atoms with Crippen molar-refractivity contribution in [3.05, 3.63) is 42.0 Å². The van der Waals surface area contributed by atoms with Gasteiger partial charge in [0, 0.05) is 18.5 Å². The van der Waals surface area contributed by atoms with Crippen molar-refractivity contribution in [2.24, 2.45) is 0 Å². The molecule has 21 heavy (non-hydrogen) atoms. The molecule has 0 radical (unpaired) electrons. The van der Waals surface area contributed by atoms with Crippen molar-refractivity contribution in [1.82, 2.24) is 10.2 Å². The summed E-state index contributed by atoms with van der Waals surface area (Å²) in [6.07, 6.45) is 1.91. The minimum absolute atomic E-state index is 0.0823. The normalized spacial score (nSPS) is 16.0. The topological polar surface area (TPSA) is 52.6 Å². The summed E-state index contributed by atoms with van der Waals surface area (Å²) in [5.74, 6) is -0.0240. The van der Waals surface area contributed by atoms with Gasteiger partial charge >= 0.3 is 0 Å². The van der Waals surface area contributed by atoms with E-state index in [9.17, 15) is 9.90 Å². The zero-order valence-electron chi connectivity index (χ0n) is 12.2. The van der Waals surface area contributed by atoms with Gasteiger partial charge in [0.05, 0.1) is 5.56 Å². The number of aromatic hydroxyl groups is 1. The number of phenols is 1. The Kier molecular flexibility index (Phi) is 3.80. The van der Waals surface area contributed by atoms with Crippen LogP contribution in [0.5, 0.6) is 5.75 Å². The minimum Gasteiger partial charge on any atom is -0.506 e. The summed E-state index contributed by atoms with van der Waals surface area (Å²) in [6.45, 7) is 1.87. The maximum absolute atomic E-state index is 12.7. The molecule has 0 spiro atoms. The molecule has 0 bridgehead atoms. The lowest BCUT2D eigenvalue weighted by atomic mass is 10.0. The van der Waals surface area contributed by atoms with Gasteiger partial charge in [0.15, 0.2) is 0 Å². The summed E-state index contributed by atoms with van der Waals surface area (Å²) < 4.78 is 0. The Labute approximate surface area is 124 Å². The third kappa shape index (κ3) is 2.59. The number of benzene rings is 2. The van der Waals surface area contributed by atoms with Crippen LogP contribution >= 0.6 is 0 Å². The molecule has 0 atom stereocenters. The zero-order valence-corrected chi connectivity index (χ0v) is 12.2. The van der Waals surface area contributed by atoms with Crippen LogP contribution in [-0.4, -0.2) is 42.1 Å². The second-order valence-electron chi connectivity index (χ2n) is 5.58. The lowest BCUT2D eigenvalue weighted by Crippen LogP contribution is -2.43. The molecule has 0 aromatic heterocycles. The molecule has 1 amide bonds. The van der Waals surface area contributed by atoms with Gasteiger partial charge in [0.1, 0.15) is 5.75 Å². The molecule has 110 valence electrons. The van der Waals surface area contributed by atoms with Crippen molar-refractivity contribution in [2.75, 3.05) is 20.1 Å². The fourth-order valence-corrected chi connectivity index (χ4v) is 2.98. The minimum atomic E-state index is -0.106. The number of fused-ring (bicyclic) bond motifs is 1. The van der Waals surface area contributed by atoms with Gasteiger partial charge < -0.3 is 15.3 Å². The number of rotatable bonds is 2. The number of hydrogen-bond donors (Lipinski definition) is 2. The maximum Gasteiger partial charge on any atom is 0.257 e. The highest BCUT2D eigenvalue weighted by molar-refractivity contribution is 6.03. The molecular formula is C17H20N2O2. The van der Waals surface area contributed by atoms with Crippen molar-refractivity contribution in [1.29, 1.82) is 0 Å². The summed E-state index contributed by atoms with van der Waals surface area (Å²) in [4.78, 5) is 14.4. The maximum atomic E-state index is 12.7. The first kappa shape index (κ1) is 13.9. The van der Waals surface area contributed by atoms with E-state index in [0.29, 0.717) is 5.56 Å². The second-order valence-corrected chi connectivity index (χ2v) is 5.58. The molecule has 1 fully saturated rings. The number of amides is 1. The molecule has 1 saturated heterocycles. The monoisotopic (exact) mass is 284 g/mol. The van der Waals surface area contributed by atoms with Crippen LogP contribution in [0.2, 0.25) is 0 Å². The van der Waals surface area contributed by atoms with Crippen LogP contribution in [0.1, 0.15) is 23.2 Å². The summed E-state index contributed by atoms with van der Waals surface area (Å²) >= 11 is 0. The van der Waals surface area contributed by atoms with E-state index in [4.69, 9.17) is 0 Å². The van der Waals surface area contributed by atoms with Gasteiger partial charge in [-0.2, -0.15) is 0 Å². The molecule has 4 nitrogen and oxygen atoms in total. The van der Waals surface area contributed by atoms with E-state index in [2.05, 4.69) is 5.32 Å². The van der Waals surface area contributed by atoms with Gasteiger partial charge in [0.2, 0.25) is 0 Å². The highest BCUT2D eigenvalue weighted by Crippen LogP contribution is 2.30. The SMILES string of the molecule is CN(C(=O)c1ccc2ccccc2c1O)C1CCNCC1. The first-order valence-corrected chi connectivity index (χ1v) is 7.37. The van der Waals surface area contributed by atoms with Crippen LogP contribution in [0, 0.1) is 0 Å². The fraction of sp³-hybridized carbons (Fsp3) is 0.353. The standard InChI is InChI=1S/C17H20N2O2/c1-19(13-8-10-18-11-9-13)17(21)15-7-6-12-4-2-3-5-14(12)16(15)20/h2-7,13,18,20H,8-11H2,1H3. The highest BCUT2D eigenvalue weighted by atomic mass is 16.3. The van der Waals surface area contributed by atoms with E-state index in [-0.39, 0.29) is 17.7 Å². The molecule has 3 rings (SSSR count). The molecule has 1 heterocycles. The summed E-state index contributed by atoms with van der Waals surface area (Å²) in [6, 6.07) is 11.4. The Bertz CT molecular complexity index is 663. The van der Waals surface area contributed by atoms with Crippen molar-refractivity contribution in [3.63, 3.8) is 0 Å². The molecule has 2 aromatic rings. The van der Waals surface area contributed by atoms with Crippen LogP contribution in [0.3, 0.4) is 0 Å². The van der Waals surface area contributed by atoms with Gasteiger partial charge in [-0.25, -0.2) is 0 Å². The molecular weight excluding hydrogens is 264 g/mol. The summed E-state index contributed by atoms with van der Waals surface area (Å²) in [5.41, 5.74) is 0.384. The number of phenolic OH excluding ortho intramolecular Hbond substituents is 1. The first-order chi connectivity index (χ1) is 10.2. The second kappa shape index (κ2) is 5.74. The Morgan fingerprint density at radius 1 is 1.19 bits per heavy atom. The number of nitrogens with zero attached hydrogens (tertiary/aromatic N) is 1. The number of hydrogen-bond acceptors (Lipinski definition) is 3. The Hall–Kier alpha value is -2.07. The molecule has 0 unspecified atom stereocenters. The van der Waals surface area contributed by atoms with Crippen LogP contribution in [0.15, 0.2) is 36.4 Å². The van der Waals surface area contributed by atoms with E-state index in [1.165, 1.54) is 0 Å². The van der Waals surface area contributed by atoms with E-state index < -0.39 is 0 Å². The Morgan fingerprint density at radius 3 is 2.67 bits per heavy atom. The number of carbonyl (C=O) groups is 1. The number of carbonyl (C=O) groups excluding carboxylic acids is 1. The van der Waals surface area contributed by atoms with Crippen LogP contribution < -0.4 is 5.32 Å². The lowest BCUT2D eigenvalue weighted by molar-refractivity contribution is 0.0700. The lowest BCUT2D eigenvalue weighted by Gasteiger charge is -2.31. The Balaban J connectivity index is 1.92. The first-order valence-electron chi connectivity index (χ1n) is 7.37. The highest BCUT2D eigenvalue weighted by Gasteiger charge is 2.25. The van der Waals surface area contributed by atoms with Crippen LogP contribution in [0.4, 0.5) is 0 Å². The largest absolute Gasteiger partial charge is 0.506 e. The number of piperidine rings is 1. The molecule has 2 aromatic carbocycles. The summed E-state index contributed by atoms with van der Waals surface area (Å²) in [7, 11) is 1.83. The Morgan fingerprint density at radius 2 is 1.90 bits per heavy atom. The molecule has 2 N–H and O–H groups in total. The number of nitrogens with one attached hydrogen (secondary N) is 1. The summed E-state index contributed by atoms with van der Waals surface area (Å²) in [5, 5.41) is 15.4. The molecule has 0 saturated carbocycles. The third-order valence-corrected chi connectivity index (χ3v) is 4.31. The molecule has 1 aliphatic heterocycles. The third-order valence-electron chi connectivity index (χ3n) is 4.31. The zero-order chi connectivity index (χ0) is 14.8. The van der Waals surface area contributed by atoms with Crippen molar-refractivity contribution < 1.29 is 9.90 Å². The smallest absolute Gasteiger partial charge is 0.257 e. The van der Waals surface area contributed by atoms with Gasteiger partial charge in [-0.05, 0) is 37.4 Å². The van der Waals surface area contributed by atoms with E-state index in [0.717, 1.165) is 36.7 Å². The van der Waals surface area contributed by atoms with Crippen molar-refractivity contribution in [2.45, 2.75) is 18.9 Å². The van der Waals surface area contributed by atoms with E-state index >= 15 is 0 Å². The van der Waals surface area contributed by atoms with E-state index in [1.54, 1.807) is 11.0 Å². The van der Waals surface area contributed by atoms with Crippen LogP contribution in [-0.2, 0) is 0 Å². The predicted molar refractivity (Wildman–Crippen MR) is 83.6 cm³/mol. The van der Waals surface area contributed by atoms with Gasteiger partial charge in [0.25, 0.3) is 5.91 Å². The van der Waals surface area contributed by atoms with Crippen LogP contribution in [0.25, 0.3) is 10.8 Å². The van der Waals surface area contributed by atoms with Gasteiger partial charge in [-0.3, -0.25) is 4.79 Å². The van der Waals surface area contributed by atoms with Crippen molar-refractivity contribution in [3.8, 4) is 5.75 Å². The fourth-order valence-electron chi connectivity index (χ4n) is 2.98. The van der Waals surface area contributed by atoms with Gasteiger partial charge in [-0.15, -0.1) is 0 Å². The average Bonchev–Trinajstić information content (AvgIpc) is 2.55. The van der Waals surface area contributed by atoms with Gasteiger partial charge in [-0.1, -0.05) is 30.3 Å². The molecule has 1 aliphatic rings. The quantitative estimate of drug-likeness (QED) is 0.890. The van der Waals surface area contributed by atoms with Crippen molar-refractivity contribution >= 4 is 16.7 Å². The molecule has 0 aliphatic carbocycles. The van der Waals surface area contributed by atoms with E-state index in [1.807, 2.05) is 37.4 Å². The predicted octanol–water partition coefficient (Wildman–Crippen LogP) is 2.37. The average molecular weight is 284 g/mol.